The number of rotatable bonds is 3. The molecule has 0 atom stereocenters. The van der Waals surface area contributed by atoms with Crippen LogP contribution in [0.1, 0.15) is 34.8 Å². The Balaban J connectivity index is 1.92. The standard InChI is InChI=1S/C18H19NO2/c1-2-19(16-7-4-8-17(20)12-16)18(21)15-10-9-13-5-3-6-14(13)11-15/h4,7-12,20H,2-3,5-6H2,1H3. The Morgan fingerprint density at radius 1 is 1.14 bits per heavy atom. The number of phenols is 1. The Hall–Kier alpha value is -2.29. The number of benzene rings is 2. The number of amides is 1. The van der Waals surface area contributed by atoms with Gasteiger partial charge in [-0.25, -0.2) is 0 Å². The van der Waals surface area contributed by atoms with Crippen molar-refractivity contribution in [3.63, 3.8) is 0 Å². The molecule has 0 bridgehead atoms. The minimum absolute atomic E-state index is 0.0159. The number of fused-ring (bicyclic) bond motifs is 1. The molecule has 1 N–H and O–H groups in total. The summed E-state index contributed by atoms with van der Waals surface area (Å²) >= 11 is 0. The van der Waals surface area contributed by atoms with Gasteiger partial charge in [0.15, 0.2) is 0 Å². The molecule has 1 amide bonds. The molecule has 2 aromatic rings. The van der Waals surface area contributed by atoms with Crippen molar-refractivity contribution in [1.29, 1.82) is 0 Å². The lowest BCUT2D eigenvalue weighted by atomic mass is 10.1. The van der Waals surface area contributed by atoms with E-state index in [1.165, 1.54) is 17.5 Å². The summed E-state index contributed by atoms with van der Waals surface area (Å²) in [5.74, 6) is 0.158. The van der Waals surface area contributed by atoms with Crippen molar-refractivity contribution in [2.24, 2.45) is 0 Å². The van der Waals surface area contributed by atoms with Gasteiger partial charge < -0.3 is 10.0 Å². The fourth-order valence-electron chi connectivity index (χ4n) is 2.97. The molecule has 0 saturated carbocycles. The highest BCUT2D eigenvalue weighted by Crippen LogP contribution is 2.25. The van der Waals surface area contributed by atoms with Crippen molar-refractivity contribution in [1.82, 2.24) is 0 Å². The number of carbonyl (C=O) groups excluding carboxylic acids is 1. The number of aromatic hydroxyl groups is 1. The molecule has 0 aromatic heterocycles. The molecule has 3 heteroatoms. The van der Waals surface area contributed by atoms with Crippen LogP contribution < -0.4 is 4.90 Å². The van der Waals surface area contributed by atoms with E-state index in [4.69, 9.17) is 0 Å². The van der Waals surface area contributed by atoms with Crippen molar-refractivity contribution in [3.8, 4) is 5.75 Å². The van der Waals surface area contributed by atoms with E-state index in [1.54, 1.807) is 23.1 Å². The maximum atomic E-state index is 12.7. The quantitative estimate of drug-likeness (QED) is 0.934. The molecule has 3 nitrogen and oxygen atoms in total. The number of phenolic OH excluding ortho intramolecular Hbond substituents is 1. The molecular formula is C18H19NO2. The van der Waals surface area contributed by atoms with Gasteiger partial charge >= 0.3 is 0 Å². The number of hydrogen-bond acceptors (Lipinski definition) is 2. The Morgan fingerprint density at radius 2 is 1.95 bits per heavy atom. The molecule has 0 spiro atoms. The summed E-state index contributed by atoms with van der Waals surface area (Å²) < 4.78 is 0. The third kappa shape index (κ3) is 2.64. The second-order valence-corrected chi connectivity index (χ2v) is 5.41. The molecular weight excluding hydrogens is 262 g/mol. The Labute approximate surface area is 124 Å². The van der Waals surface area contributed by atoms with Crippen LogP contribution in [-0.2, 0) is 12.8 Å². The minimum atomic E-state index is -0.0159. The van der Waals surface area contributed by atoms with E-state index >= 15 is 0 Å². The monoisotopic (exact) mass is 281 g/mol. The first-order chi connectivity index (χ1) is 10.2. The van der Waals surface area contributed by atoms with Gasteiger partial charge in [-0.05, 0) is 61.6 Å². The predicted molar refractivity (Wildman–Crippen MR) is 83.9 cm³/mol. The van der Waals surface area contributed by atoms with Crippen molar-refractivity contribution < 1.29 is 9.90 Å². The van der Waals surface area contributed by atoms with Gasteiger partial charge in [-0.1, -0.05) is 12.1 Å². The molecule has 0 aliphatic heterocycles. The van der Waals surface area contributed by atoms with Crippen LogP contribution in [0, 0.1) is 0 Å². The summed E-state index contributed by atoms with van der Waals surface area (Å²) in [5, 5.41) is 9.60. The number of hydrogen-bond donors (Lipinski definition) is 1. The van der Waals surface area contributed by atoms with Gasteiger partial charge in [0.05, 0.1) is 0 Å². The first-order valence-electron chi connectivity index (χ1n) is 7.41. The first-order valence-corrected chi connectivity index (χ1v) is 7.41. The molecule has 2 aromatic carbocycles. The predicted octanol–water partition coefficient (Wildman–Crippen LogP) is 3.55. The van der Waals surface area contributed by atoms with Crippen LogP contribution in [0.3, 0.4) is 0 Å². The zero-order chi connectivity index (χ0) is 14.8. The van der Waals surface area contributed by atoms with E-state index in [-0.39, 0.29) is 11.7 Å². The summed E-state index contributed by atoms with van der Waals surface area (Å²) in [6.07, 6.45) is 3.36. The lowest BCUT2D eigenvalue weighted by Crippen LogP contribution is -2.30. The smallest absolute Gasteiger partial charge is 0.258 e. The molecule has 1 aliphatic carbocycles. The average molecular weight is 281 g/mol. The largest absolute Gasteiger partial charge is 0.508 e. The van der Waals surface area contributed by atoms with Crippen LogP contribution in [0.25, 0.3) is 0 Å². The number of carbonyl (C=O) groups is 1. The fraction of sp³-hybridized carbons (Fsp3) is 0.278. The molecule has 0 unspecified atom stereocenters. The maximum Gasteiger partial charge on any atom is 0.258 e. The van der Waals surface area contributed by atoms with E-state index < -0.39 is 0 Å². The summed E-state index contributed by atoms with van der Waals surface area (Å²) in [4.78, 5) is 14.4. The second-order valence-electron chi connectivity index (χ2n) is 5.41. The van der Waals surface area contributed by atoms with Crippen LogP contribution in [0.2, 0.25) is 0 Å². The number of aryl methyl sites for hydroxylation is 2. The summed E-state index contributed by atoms with van der Waals surface area (Å²) in [6.45, 7) is 2.51. The van der Waals surface area contributed by atoms with E-state index in [1.807, 2.05) is 25.1 Å². The van der Waals surface area contributed by atoms with Crippen molar-refractivity contribution >= 4 is 11.6 Å². The summed E-state index contributed by atoms with van der Waals surface area (Å²) in [7, 11) is 0. The molecule has 0 heterocycles. The van der Waals surface area contributed by atoms with Crippen molar-refractivity contribution in [2.45, 2.75) is 26.2 Å². The fourth-order valence-corrected chi connectivity index (χ4v) is 2.97. The molecule has 108 valence electrons. The van der Waals surface area contributed by atoms with Crippen molar-refractivity contribution in [3.05, 3.63) is 59.2 Å². The van der Waals surface area contributed by atoms with Gasteiger partial charge in [-0.15, -0.1) is 0 Å². The van der Waals surface area contributed by atoms with Crippen molar-refractivity contribution in [2.75, 3.05) is 11.4 Å². The zero-order valence-corrected chi connectivity index (χ0v) is 12.2. The number of nitrogens with zero attached hydrogens (tertiary/aromatic N) is 1. The maximum absolute atomic E-state index is 12.7. The van der Waals surface area contributed by atoms with Crippen LogP contribution in [0.15, 0.2) is 42.5 Å². The zero-order valence-electron chi connectivity index (χ0n) is 12.2. The van der Waals surface area contributed by atoms with Gasteiger partial charge in [-0.3, -0.25) is 4.79 Å². The Morgan fingerprint density at radius 3 is 2.71 bits per heavy atom. The van der Waals surface area contributed by atoms with Gasteiger partial charge in [0.2, 0.25) is 0 Å². The van der Waals surface area contributed by atoms with Gasteiger partial charge in [-0.2, -0.15) is 0 Å². The van der Waals surface area contributed by atoms with Gasteiger partial charge in [0.25, 0.3) is 5.91 Å². The van der Waals surface area contributed by atoms with Crippen LogP contribution in [0.5, 0.6) is 5.75 Å². The third-order valence-electron chi connectivity index (χ3n) is 4.05. The lowest BCUT2D eigenvalue weighted by molar-refractivity contribution is 0.0988. The number of anilines is 1. The topological polar surface area (TPSA) is 40.5 Å². The summed E-state index contributed by atoms with van der Waals surface area (Å²) in [5.41, 5.74) is 4.11. The highest BCUT2D eigenvalue weighted by atomic mass is 16.3. The highest BCUT2D eigenvalue weighted by Gasteiger charge is 2.19. The summed E-state index contributed by atoms with van der Waals surface area (Å²) in [6, 6.07) is 12.8. The Bertz CT molecular complexity index is 679. The van der Waals surface area contributed by atoms with Gasteiger partial charge in [0.1, 0.15) is 5.75 Å². The van der Waals surface area contributed by atoms with Gasteiger partial charge in [0, 0.05) is 23.9 Å². The average Bonchev–Trinajstić information content (AvgIpc) is 2.95. The normalized spacial score (nSPS) is 13.0. The lowest BCUT2D eigenvalue weighted by Gasteiger charge is -2.21. The molecule has 1 aliphatic rings. The van der Waals surface area contributed by atoms with Crippen LogP contribution in [0.4, 0.5) is 5.69 Å². The highest BCUT2D eigenvalue weighted by molar-refractivity contribution is 6.06. The molecule has 3 rings (SSSR count). The minimum Gasteiger partial charge on any atom is -0.508 e. The second kappa shape index (κ2) is 5.60. The molecule has 21 heavy (non-hydrogen) atoms. The van der Waals surface area contributed by atoms with E-state index in [9.17, 15) is 9.90 Å². The molecule has 0 fully saturated rings. The van der Waals surface area contributed by atoms with Crippen LogP contribution in [-0.4, -0.2) is 17.6 Å². The third-order valence-corrected chi connectivity index (χ3v) is 4.05. The molecule has 0 saturated heterocycles. The SMILES string of the molecule is CCN(C(=O)c1ccc2c(c1)CCC2)c1cccc(O)c1. The van der Waals surface area contributed by atoms with E-state index in [0.29, 0.717) is 6.54 Å². The van der Waals surface area contributed by atoms with E-state index in [0.717, 1.165) is 24.1 Å². The Kier molecular flexibility index (Phi) is 3.65. The van der Waals surface area contributed by atoms with E-state index in [2.05, 4.69) is 6.07 Å². The first kappa shape index (κ1) is 13.7. The van der Waals surface area contributed by atoms with Crippen LogP contribution >= 0.6 is 0 Å². The molecule has 0 radical (unpaired) electrons.